The summed E-state index contributed by atoms with van der Waals surface area (Å²) in [4.78, 5) is 21.1. The number of carbonyl (C=O) groups is 1. The van der Waals surface area contributed by atoms with Gasteiger partial charge in [-0.1, -0.05) is 0 Å². The molecule has 0 bridgehead atoms. The SMILES string of the molecule is CCOC(=O)Nc1ccc([N+](=O)[O-])c(Br)c1. The van der Waals surface area contributed by atoms with Crippen LogP contribution in [0.3, 0.4) is 0 Å². The molecule has 1 amide bonds. The van der Waals surface area contributed by atoms with E-state index < -0.39 is 11.0 Å². The van der Waals surface area contributed by atoms with Gasteiger partial charge in [-0.3, -0.25) is 15.4 Å². The van der Waals surface area contributed by atoms with Crippen LogP contribution in [-0.2, 0) is 4.74 Å². The first-order valence-electron chi connectivity index (χ1n) is 4.42. The number of nitro groups is 1. The molecule has 1 aromatic carbocycles. The molecule has 0 saturated carbocycles. The standard InChI is InChI=1S/C9H9BrN2O4/c1-2-16-9(13)11-6-3-4-8(12(14)15)7(10)5-6/h3-5H,2H2,1H3,(H,11,13). The van der Waals surface area contributed by atoms with Crippen LogP contribution < -0.4 is 5.32 Å². The number of ether oxygens (including phenoxy) is 1. The fourth-order valence-corrected chi connectivity index (χ4v) is 1.54. The summed E-state index contributed by atoms with van der Waals surface area (Å²) in [5.41, 5.74) is 0.366. The number of benzene rings is 1. The van der Waals surface area contributed by atoms with Crippen molar-refractivity contribution in [2.75, 3.05) is 11.9 Å². The lowest BCUT2D eigenvalue weighted by atomic mass is 10.3. The zero-order valence-electron chi connectivity index (χ0n) is 8.40. The van der Waals surface area contributed by atoms with Crippen molar-refractivity contribution in [2.24, 2.45) is 0 Å². The minimum atomic E-state index is -0.594. The van der Waals surface area contributed by atoms with Gasteiger partial charge in [-0.25, -0.2) is 4.79 Å². The average Bonchev–Trinajstić information content (AvgIpc) is 2.17. The van der Waals surface area contributed by atoms with E-state index in [0.717, 1.165) is 0 Å². The van der Waals surface area contributed by atoms with E-state index in [1.54, 1.807) is 6.92 Å². The lowest BCUT2D eigenvalue weighted by Crippen LogP contribution is -2.13. The molecule has 86 valence electrons. The van der Waals surface area contributed by atoms with Crippen molar-refractivity contribution in [2.45, 2.75) is 6.92 Å². The second-order valence-corrected chi connectivity index (χ2v) is 3.62. The summed E-state index contributed by atoms with van der Waals surface area (Å²) in [6.45, 7) is 1.95. The molecule has 0 spiro atoms. The van der Waals surface area contributed by atoms with Gasteiger partial charge in [-0.15, -0.1) is 0 Å². The van der Waals surface area contributed by atoms with Crippen LogP contribution in [-0.4, -0.2) is 17.6 Å². The molecule has 0 heterocycles. The van der Waals surface area contributed by atoms with Crippen molar-refractivity contribution in [3.05, 3.63) is 32.8 Å². The lowest BCUT2D eigenvalue weighted by molar-refractivity contribution is -0.385. The molecule has 0 unspecified atom stereocenters. The van der Waals surface area contributed by atoms with Crippen LogP contribution >= 0.6 is 15.9 Å². The minimum Gasteiger partial charge on any atom is -0.450 e. The quantitative estimate of drug-likeness (QED) is 0.685. The Labute approximate surface area is 99.9 Å². The Morgan fingerprint density at radius 3 is 2.81 bits per heavy atom. The molecule has 0 saturated heterocycles. The van der Waals surface area contributed by atoms with Crippen molar-refractivity contribution >= 4 is 33.4 Å². The largest absolute Gasteiger partial charge is 0.450 e. The van der Waals surface area contributed by atoms with E-state index in [1.807, 2.05) is 0 Å². The Balaban J connectivity index is 2.81. The molecule has 1 aromatic rings. The summed E-state index contributed by atoms with van der Waals surface area (Å²) in [5.74, 6) is 0. The number of carbonyl (C=O) groups excluding carboxylic acids is 1. The maximum Gasteiger partial charge on any atom is 0.411 e. The number of nitrogens with one attached hydrogen (secondary N) is 1. The minimum absolute atomic E-state index is 0.0607. The molecule has 0 atom stereocenters. The summed E-state index contributed by atoms with van der Waals surface area (Å²) < 4.78 is 4.96. The number of rotatable bonds is 3. The maximum atomic E-state index is 11.1. The normalized spacial score (nSPS) is 9.62. The molecule has 0 aliphatic rings. The Kier molecular flexibility index (Phi) is 4.24. The van der Waals surface area contributed by atoms with Gasteiger partial charge in [0.15, 0.2) is 0 Å². The highest BCUT2D eigenvalue weighted by Gasteiger charge is 2.12. The summed E-state index contributed by atoms with van der Waals surface area (Å²) in [6, 6.07) is 4.17. The van der Waals surface area contributed by atoms with Gasteiger partial charge in [0, 0.05) is 11.8 Å². The monoisotopic (exact) mass is 288 g/mol. The van der Waals surface area contributed by atoms with Crippen molar-refractivity contribution in [1.82, 2.24) is 0 Å². The summed E-state index contributed by atoms with van der Waals surface area (Å²) >= 11 is 3.04. The molecular weight excluding hydrogens is 280 g/mol. The van der Waals surface area contributed by atoms with Gasteiger partial charge in [0.1, 0.15) is 0 Å². The van der Waals surface area contributed by atoms with Crippen molar-refractivity contribution in [3.63, 3.8) is 0 Å². The smallest absolute Gasteiger partial charge is 0.411 e. The molecule has 6 nitrogen and oxygen atoms in total. The second-order valence-electron chi connectivity index (χ2n) is 2.77. The van der Waals surface area contributed by atoms with Crippen LogP contribution in [0.15, 0.2) is 22.7 Å². The Morgan fingerprint density at radius 1 is 1.62 bits per heavy atom. The van der Waals surface area contributed by atoms with E-state index in [4.69, 9.17) is 0 Å². The van der Waals surface area contributed by atoms with E-state index >= 15 is 0 Å². The number of hydrogen-bond donors (Lipinski definition) is 1. The summed E-state index contributed by atoms with van der Waals surface area (Å²) in [7, 11) is 0. The van der Waals surface area contributed by atoms with Gasteiger partial charge in [0.25, 0.3) is 5.69 Å². The van der Waals surface area contributed by atoms with E-state index in [2.05, 4.69) is 26.0 Å². The van der Waals surface area contributed by atoms with Crippen LogP contribution in [0, 0.1) is 10.1 Å². The third-order valence-electron chi connectivity index (χ3n) is 1.67. The number of anilines is 1. The first-order valence-corrected chi connectivity index (χ1v) is 5.21. The van der Waals surface area contributed by atoms with Crippen LogP contribution in [0.1, 0.15) is 6.92 Å². The highest BCUT2D eigenvalue weighted by molar-refractivity contribution is 9.10. The Morgan fingerprint density at radius 2 is 2.31 bits per heavy atom. The van der Waals surface area contributed by atoms with Gasteiger partial charge < -0.3 is 4.74 Å². The second kappa shape index (κ2) is 5.45. The highest BCUT2D eigenvalue weighted by Crippen LogP contribution is 2.27. The predicted molar refractivity (Wildman–Crippen MR) is 61.4 cm³/mol. The van der Waals surface area contributed by atoms with Crippen LogP contribution in [0.4, 0.5) is 16.2 Å². The van der Waals surface area contributed by atoms with Crippen molar-refractivity contribution in [1.29, 1.82) is 0 Å². The third kappa shape index (κ3) is 3.20. The Bertz CT molecular complexity index is 422. The highest BCUT2D eigenvalue weighted by atomic mass is 79.9. The van der Waals surface area contributed by atoms with Crippen LogP contribution in [0.2, 0.25) is 0 Å². The number of nitro benzene ring substituents is 1. The molecule has 1 rings (SSSR count). The maximum absolute atomic E-state index is 11.1. The van der Waals surface area contributed by atoms with Gasteiger partial charge in [-0.2, -0.15) is 0 Å². The van der Waals surface area contributed by atoms with E-state index in [0.29, 0.717) is 10.2 Å². The zero-order valence-corrected chi connectivity index (χ0v) is 9.98. The molecule has 16 heavy (non-hydrogen) atoms. The Hall–Kier alpha value is -1.63. The van der Waals surface area contributed by atoms with Gasteiger partial charge >= 0.3 is 6.09 Å². The number of hydrogen-bond acceptors (Lipinski definition) is 4. The van der Waals surface area contributed by atoms with E-state index in [-0.39, 0.29) is 12.3 Å². The predicted octanol–water partition coefficient (Wildman–Crippen LogP) is 2.93. The lowest BCUT2D eigenvalue weighted by Gasteiger charge is -2.05. The average molecular weight is 289 g/mol. The fraction of sp³-hybridized carbons (Fsp3) is 0.222. The topological polar surface area (TPSA) is 81.5 Å². The molecular formula is C9H9BrN2O4. The van der Waals surface area contributed by atoms with E-state index in [9.17, 15) is 14.9 Å². The van der Waals surface area contributed by atoms with Gasteiger partial charge in [0.2, 0.25) is 0 Å². The summed E-state index contributed by atoms with van der Waals surface area (Å²) in [5, 5.41) is 13.0. The summed E-state index contributed by atoms with van der Waals surface area (Å²) in [6.07, 6.45) is -0.594. The molecule has 0 radical (unpaired) electrons. The number of nitrogens with zero attached hydrogens (tertiary/aromatic N) is 1. The zero-order chi connectivity index (χ0) is 12.1. The first kappa shape index (κ1) is 12.4. The van der Waals surface area contributed by atoms with E-state index in [1.165, 1.54) is 18.2 Å². The molecule has 7 heteroatoms. The first-order chi connectivity index (χ1) is 7.54. The molecule has 0 fully saturated rings. The fourth-order valence-electron chi connectivity index (χ4n) is 1.02. The van der Waals surface area contributed by atoms with Crippen molar-refractivity contribution in [3.8, 4) is 0 Å². The molecule has 0 aromatic heterocycles. The third-order valence-corrected chi connectivity index (χ3v) is 2.30. The number of halogens is 1. The van der Waals surface area contributed by atoms with Crippen molar-refractivity contribution < 1.29 is 14.5 Å². The van der Waals surface area contributed by atoms with Crippen LogP contribution in [0.25, 0.3) is 0 Å². The number of amides is 1. The molecule has 1 N–H and O–H groups in total. The van der Waals surface area contributed by atoms with Gasteiger partial charge in [-0.05, 0) is 35.0 Å². The molecule has 0 aliphatic heterocycles. The van der Waals surface area contributed by atoms with Crippen LogP contribution in [0.5, 0.6) is 0 Å². The van der Waals surface area contributed by atoms with Gasteiger partial charge in [0.05, 0.1) is 16.0 Å². The molecule has 0 aliphatic carbocycles.